The lowest BCUT2D eigenvalue weighted by atomic mass is 10.0. The minimum Gasteiger partial charge on any atom is -0.463 e. The molecule has 5 atom stereocenters. The Morgan fingerprint density at radius 2 is 0.411 bits per heavy atom. The first-order chi connectivity index (χ1) is 63.2. The lowest BCUT2D eigenvalue weighted by molar-refractivity contribution is -0.161. The summed E-state index contributed by atoms with van der Waals surface area (Å²) in [6, 6.07) is 0. The molecule has 0 radical (unpaired) electrons. The van der Waals surface area contributed by atoms with Crippen LogP contribution >= 0.6 is 15.6 Å². The van der Waals surface area contributed by atoms with Gasteiger partial charge in [-0.15, -0.1) is 0 Å². The number of phosphoric ester groups is 2. The molecule has 0 fully saturated rings. The van der Waals surface area contributed by atoms with E-state index in [2.05, 4.69) is 203 Å². The summed E-state index contributed by atoms with van der Waals surface area (Å²) in [7, 11) is -9.83. The van der Waals surface area contributed by atoms with Gasteiger partial charge in [0.15, 0.2) is 6.10 Å². The molecule has 0 aliphatic heterocycles. The van der Waals surface area contributed by atoms with Gasteiger partial charge in [0.25, 0.3) is 0 Å². The summed E-state index contributed by atoms with van der Waals surface area (Å²) >= 11 is 0. The highest BCUT2D eigenvalue weighted by molar-refractivity contribution is 7.47. The van der Waals surface area contributed by atoms with E-state index in [4.69, 9.17) is 32.3 Å². The molecule has 0 aliphatic carbocycles. The predicted octanol–water partition coefficient (Wildman–Crippen LogP) is 33.1. The van der Waals surface area contributed by atoms with Gasteiger partial charge in [0.05, 0.1) is 26.4 Å². The summed E-state index contributed by atoms with van der Waals surface area (Å²) in [5, 5.41) is 20.8. The molecule has 16 nitrogen and oxygen atoms in total. The molecule has 0 amide bonds. The molecule has 0 aromatic rings. The lowest BCUT2D eigenvalue weighted by Gasteiger charge is -2.21. The Bertz CT molecular complexity index is 3080. The summed E-state index contributed by atoms with van der Waals surface area (Å²) in [5.41, 5.74) is 0. The third kappa shape index (κ3) is 103. The Labute approximate surface area is 789 Å². The van der Waals surface area contributed by atoms with Gasteiger partial charge in [-0.05, 0) is 161 Å². The molecule has 0 spiro atoms. The van der Waals surface area contributed by atoms with Crippen molar-refractivity contribution in [2.75, 3.05) is 39.6 Å². The van der Waals surface area contributed by atoms with Crippen molar-refractivity contribution in [1.29, 1.82) is 0 Å². The minimum absolute atomic E-state index is 0.0835. The van der Waals surface area contributed by atoms with E-state index in [-0.39, 0.29) is 19.3 Å². The number of allylic oxidation sites excluding steroid dienone is 30. The average Bonchev–Trinajstić information content (AvgIpc) is 0.898. The molecule has 0 saturated heterocycles. The topological polar surface area (TPSA) is 231 Å². The Morgan fingerprint density at radius 1 is 0.225 bits per heavy atom. The zero-order chi connectivity index (χ0) is 93.5. The molecule has 0 aromatic carbocycles. The summed E-state index contributed by atoms with van der Waals surface area (Å²) in [4.78, 5) is 59.2. The van der Waals surface area contributed by atoms with Crippen molar-refractivity contribution in [2.45, 2.75) is 463 Å². The molecule has 0 heterocycles. The van der Waals surface area contributed by atoms with Gasteiger partial charge < -0.3 is 34.2 Å². The van der Waals surface area contributed by atoms with Gasteiger partial charge in [0.2, 0.25) is 0 Å². The third-order valence-corrected chi connectivity index (χ3v) is 24.0. The van der Waals surface area contributed by atoms with E-state index < -0.39 is 91.5 Å². The first-order valence-electron chi connectivity index (χ1n) is 52.1. The highest BCUT2D eigenvalue weighted by Gasteiger charge is 2.30. The van der Waals surface area contributed by atoms with Crippen LogP contribution < -0.4 is 0 Å². The maximum atomic E-state index is 13.1. The summed E-state index contributed by atoms with van der Waals surface area (Å²) in [6.07, 6.45) is 135. The van der Waals surface area contributed by atoms with Crippen molar-refractivity contribution >= 4 is 33.6 Å². The molecule has 0 aliphatic rings. The van der Waals surface area contributed by atoms with E-state index in [0.717, 1.165) is 167 Å². The monoisotopic (exact) mass is 1840 g/mol. The zero-order valence-corrected chi connectivity index (χ0v) is 83.8. The maximum Gasteiger partial charge on any atom is 0.472 e. The maximum absolute atomic E-state index is 13.1. The minimum atomic E-state index is -4.95. The van der Waals surface area contributed by atoms with Crippen LogP contribution in [0.1, 0.15) is 445 Å². The van der Waals surface area contributed by atoms with Crippen molar-refractivity contribution in [3.63, 3.8) is 0 Å². The molecular formula is C111H190O16P2. The second-order valence-corrected chi connectivity index (χ2v) is 37.5. The Morgan fingerprint density at radius 3 is 0.651 bits per heavy atom. The molecule has 0 saturated carbocycles. The molecular weight excluding hydrogens is 1650 g/mol. The van der Waals surface area contributed by atoms with Crippen molar-refractivity contribution in [3.05, 3.63) is 182 Å². The Hall–Kier alpha value is -5.35. The molecule has 4 N–H and O–H groups in total. The molecule has 0 bridgehead atoms. The largest absolute Gasteiger partial charge is 0.472 e. The number of ether oxygens (including phenoxy) is 3. The van der Waals surface area contributed by atoms with E-state index in [9.17, 15) is 43.5 Å². The van der Waals surface area contributed by atoms with Gasteiger partial charge in [-0.25, -0.2) is 9.13 Å². The molecule has 129 heavy (non-hydrogen) atoms. The number of aliphatic hydroxyl groups excluding tert-OH is 2. The van der Waals surface area contributed by atoms with Crippen LogP contribution in [0, 0.1) is 0 Å². The number of unbranched alkanes of at least 4 members (excludes halogenated alkanes) is 45. The van der Waals surface area contributed by atoms with Crippen LogP contribution in [0.4, 0.5) is 0 Å². The van der Waals surface area contributed by atoms with E-state index >= 15 is 0 Å². The second kappa shape index (κ2) is 102. The number of aliphatic hydroxyl groups is 2. The van der Waals surface area contributed by atoms with Crippen LogP contribution in [0.5, 0.6) is 0 Å². The van der Waals surface area contributed by atoms with Crippen molar-refractivity contribution < 1.29 is 75.8 Å². The number of rotatable bonds is 98. The van der Waals surface area contributed by atoms with Crippen molar-refractivity contribution in [3.8, 4) is 0 Å². The van der Waals surface area contributed by atoms with E-state index in [1.807, 2.05) is 0 Å². The van der Waals surface area contributed by atoms with Gasteiger partial charge >= 0.3 is 33.6 Å². The van der Waals surface area contributed by atoms with Gasteiger partial charge in [-0.3, -0.25) is 32.5 Å². The molecule has 18 heteroatoms. The van der Waals surface area contributed by atoms with E-state index in [1.54, 1.807) is 0 Å². The van der Waals surface area contributed by atoms with Gasteiger partial charge in [0.1, 0.15) is 25.4 Å². The first kappa shape index (κ1) is 124. The fraction of sp³-hybridized carbons (Fsp3) is 0.703. The van der Waals surface area contributed by atoms with Gasteiger partial charge in [-0.1, -0.05) is 447 Å². The summed E-state index contributed by atoms with van der Waals surface area (Å²) < 4.78 is 61.7. The van der Waals surface area contributed by atoms with Crippen LogP contribution in [0.2, 0.25) is 0 Å². The number of hydrogen-bond donors (Lipinski definition) is 4. The summed E-state index contributed by atoms with van der Waals surface area (Å²) in [5.74, 6) is -1.58. The van der Waals surface area contributed by atoms with E-state index in [1.165, 1.54) is 218 Å². The molecule has 5 unspecified atom stereocenters. The molecule has 0 rings (SSSR count). The first-order valence-corrected chi connectivity index (χ1v) is 55.1. The van der Waals surface area contributed by atoms with Crippen molar-refractivity contribution in [1.82, 2.24) is 0 Å². The lowest BCUT2D eigenvalue weighted by Crippen LogP contribution is -2.30. The highest BCUT2D eigenvalue weighted by Crippen LogP contribution is 2.45. The molecule has 740 valence electrons. The SMILES string of the molecule is CC/C=C\C/C=C\C/C=C\C/C=C\C/C=C\C/C=C\CCCCCCCCC(=O)OC(COC(=O)CCCCCCCCCCCCCCCCCCC/C=C\C/C=C\C/C=C\C/C=C\C/C=C\CC)COP(=O)(O)OCC(O)COP(=O)(O)OCC(O)COC(=O)CCCCCCCCCCCCCCCCCCCCC/C=C\C/C=C\C/C=C\C/C=C\CCCCC. The average molecular weight is 1840 g/mol. The second-order valence-electron chi connectivity index (χ2n) is 34.6. The van der Waals surface area contributed by atoms with Crippen molar-refractivity contribution in [2.24, 2.45) is 0 Å². The highest BCUT2D eigenvalue weighted by atomic mass is 31.2. The number of esters is 3. The van der Waals surface area contributed by atoms with E-state index in [0.29, 0.717) is 19.3 Å². The third-order valence-electron chi connectivity index (χ3n) is 22.1. The van der Waals surface area contributed by atoms with Crippen LogP contribution in [0.15, 0.2) is 182 Å². The fourth-order valence-electron chi connectivity index (χ4n) is 14.3. The summed E-state index contributed by atoms with van der Waals surface area (Å²) in [6.45, 7) is 2.48. The quantitative estimate of drug-likeness (QED) is 0.0146. The van der Waals surface area contributed by atoms with Crippen LogP contribution in [-0.4, -0.2) is 95.9 Å². The van der Waals surface area contributed by atoms with Crippen LogP contribution in [0.25, 0.3) is 0 Å². The number of carbonyl (C=O) groups is 3. The molecule has 0 aromatic heterocycles. The zero-order valence-electron chi connectivity index (χ0n) is 82.0. The number of carbonyl (C=O) groups excluding carboxylic acids is 3. The standard InChI is InChI=1S/C111H190O16P2/c1-4-7-10-13-16-19-22-25-28-31-34-37-40-43-45-47-49-51-52-54-56-57-59-62-64-67-70-73-76-79-82-85-88-91-94-97-109(114)121-100-106(112)101-123-128(117,118)124-102-107(113)103-125-129(119,120)126-105-108(127-111(116)99-96-93-90-87-84-81-78-75-72-69-66-61-42-39-36-33-30-27-24-21-18-15-12-9-6-3)104-122-110(115)98-95-92-89-86-83-80-77-74-71-68-65-63-60-58-55-53-50-48-46-44-41-38-35-32-29-26-23-20-17-14-11-8-5-2/h8-9,11-12,16-21,25-30,34-39,43-46,61,66,72,75,106-108,112-113H,4-7,10,13-15,22-24,31-33,40-42,47-60,62-65,67-71,73-74,76-105H2,1-3H3,(H,117,118)(H,119,120)/b11-8-,12-9-,19-16-,20-17-,21-18-,28-25-,29-26-,30-27-,37-34-,38-35-,39-36-,45-43-,46-44-,66-61-,75-72-. The normalized spacial score (nSPS) is 14.4. The number of hydrogen-bond acceptors (Lipinski definition) is 14. The fourth-order valence-corrected chi connectivity index (χ4v) is 15.9. The van der Waals surface area contributed by atoms with Crippen LogP contribution in [-0.2, 0) is 55.8 Å². The van der Waals surface area contributed by atoms with Crippen LogP contribution in [0.3, 0.4) is 0 Å². The predicted molar refractivity (Wildman–Crippen MR) is 546 cm³/mol. The Kier molecular flexibility index (Phi) is 97.4. The Balaban J connectivity index is 4.57. The smallest absolute Gasteiger partial charge is 0.463 e. The van der Waals surface area contributed by atoms with Gasteiger partial charge in [0, 0.05) is 19.3 Å². The number of phosphoric acid groups is 2. The van der Waals surface area contributed by atoms with Gasteiger partial charge in [-0.2, -0.15) is 0 Å².